The van der Waals surface area contributed by atoms with Gasteiger partial charge in [0.05, 0.1) is 6.54 Å². The SMILES string of the molecule is CC(C)c1n[nH]c(=S)n1Cc1ncn(C)n1. The molecule has 2 rings (SSSR count). The van der Waals surface area contributed by atoms with Gasteiger partial charge in [-0.2, -0.15) is 10.2 Å². The van der Waals surface area contributed by atoms with Crippen LogP contribution in [-0.4, -0.2) is 29.5 Å². The lowest BCUT2D eigenvalue weighted by atomic mass is 10.2. The molecule has 7 heteroatoms. The summed E-state index contributed by atoms with van der Waals surface area (Å²) in [5.41, 5.74) is 0. The average Bonchev–Trinajstić information content (AvgIpc) is 2.76. The first kappa shape index (κ1) is 11.0. The van der Waals surface area contributed by atoms with E-state index in [0.717, 1.165) is 11.6 Å². The molecule has 0 aliphatic carbocycles. The van der Waals surface area contributed by atoms with Crippen molar-refractivity contribution in [3.8, 4) is 0 Å². The molecule has 2 aromatic heterocycles. The molecule has 2 heterocycles. The van der Waals surface area contributed by atoms with Crippen molar-refractivity contribution in [1.82, 2.24) is 29.5 Å². The third-order valence-corrected chi connectivity index (χ3v) is 2.56. The molecular weight excluding hydrogens is 224 g/mol. The Hall–Kier alpha value is -1.50. The Bertz CT molecular complexity index is 534. The highest BCUT2D eigenvalue weighted by Crippen LogP contribution is 2.12. The van der Waals surface area contributed by atoms with Crippen LogP contribution in [0.2, 0.25) is 0 Å². The normalized spacial score (nSPS) is 11.2. The van der Waals surface area contributed by atoms with Crippen molar-refractivity contribution in [2.75, 3.05) is 0 Å². The van der Waals surface area contributed by atoms with E-state index in [-0.39, 0.29) is 0 Å². The summed E-state index contributed by atoms with van der Waals surface area (Å²) in [6.07, 6.45) is 1.67. The van der Waals surface area contributed by atoms with Gasteiger partial charge in [-0.25, -0.2) is 4.98 Å². The molecule has 1 N–H and O–H groups in total. The summed E-state index contributed by atoms with van der Waals surface area (Å²) in [4.78, 5) is 4.18. The summed E-state index contributed by atoms with van der Waals surface area (Å²) in [7, 11) is 1.84. The molecule has 0 aromatic carbocycles. The highest BCUT2D eigenvalue weighted by atomic mass is 32.1. The first-order valence-corrected chi connectivity index (χ1v) is 5.48. The first-order valence-electron chi connectivity index (χ1n) is 5.07. The quantitative estimate of drug-likeness (QED) is 0.817. The van der Waals surface area contributed by atoms with Crippen molar-refractivity contribution in [2.24, 2.45) is 7.05 Å². The van der Waals surface area contributed by atoms with Crippen LogP contribution in [0.3, 0.4) is 0 Å². The van der Waals surface area contributed by atoms with Crippen molar-refractivity contribution in [3.63, 3.8) is 0 Å². The Kier molecular flexibility index (Phi) is 2.86. The van der Waals surface area contributed by atoms with Gasteiger partial charge in [0.2, 0.25) is 0 Å². The maximum Gasteiger partial charge on any atom is 0.195 e. The Morgan fingerprint density at radius 3 is 2.81 bits per heavy atom. The molecule has 0 aliphatic heterocycles. The Morgan fingerprint density at radius 2 is 2.25 bits per heavy atom. The molecule has 16 heavy (non-hydrogen) atoms. The summed E-state index contributed by atoms with van der Waals surface area (Å²) in [5.74, 6) is 1.98. The van der Waals surface area contributed by atoms with E-state index in [0.29, 0.717) is 17.2 Å². The second-order valence-corrected chi connectivity index (χ2v) is 4.35. The van der Waals surface area contributed by atoms with Crippen molar-refractivity contribution in [1.29, 1.82) is 0 Å². The van der Waals surface area contributed by atoms with E-state index in [2.05, 4.69) is 34.1 Å². The van der Waals surface area contributed by atoms with Gasteiger partial charge in [0.1, 0.15) is 12.2 Å². The fourth-order valence-corrected chi connectivity index (χ4v) is 1.72. The zero-order chi connectivity index (χ0) is 11.7. The summed E-state index contributed by atoms with van der Waals surface area (Å²) in [6, 6.07) is 0. The number of nitrogens with one attached hydrogen (secondary N) is 1. The Labute approximate surface area is 98.3 Å². The van der Waals surface area contributed by atoms with Crippen LogP contribution in [0, 0.1) is 4.77 Å². The largest absolute Gasteiger partial charge is 0.296 e. The van der Waals surface area contributed by atoms with Gasteiger partial charge in [-0.3, -0.25) is 14.3 Å². The topological polar surface area (TPSA) is 64.3 Å². The van der Waals surface area contributed by atoms with E-state index in [9.17, 15) is 0 Å². The molecule has 0 saturated carbocycles. The number of aryl methyl sites for hydroxylation is 1. The molecule has 0 unspecified atom stereocenters. The number of rotatable bonds is 3. The summed E-state index contributed by atoms with van der Waals surface area (Å²) >= 11 is 5.18. The molecule has 0 bridgehead atoms. The van der Waals surface area contributed by atoms with Gasteiger partial charge in [0.15, 0.2) is 10.6 Å². The van der Waals surface area contributed by atoms with Gasteiger partial charge in [-0.15, -0.1) is 0 Å². The van der Waals surface area contributed by atoms with Crippen LogP contribution < -0.4 is 0 Å². The van der Waals surface area contributed by atoms with Crippen molar-refractivity contribution in [3.05, 3.63) is 22.7 Å². The lowest BCUT2D eigenvalue weighted by Crippen LogP contribution is -2.08. The zero-order valence-electron chi connectivity index (χ0n) is 9.51. The van der Waals surface area contributed by atoms with Gasteiger partial charge in [-0.1, -0.05) is 13.8 Å². The fourth-order valence-electron chi connectivity index (χ4n) is 1.52. The lowest BCUT2D eigenvalue weighted by molar-refractivity contribution is 0.636. The summed E-state index contributed by atoms with van der Waals surface area (Å²) < 4.78 is 4.21. The van der Waals surface area contributed by atoms with Crippen LogP contribution >= 0.6 is 12.2 Å². The smallest absolute Gasteiger partial charge is 0.195 e. The average molecular weight is 238 g/mol. The van der Waals surface area contributed by atoms with Gasteiger partial charge in [0, 0.05) is 13.0 Å². The molecule has 0 radical (unpaired) electrons. The van der Waals surface area contributed by atoms with E-state index in [1.54, 1.807) is 11.0 Å². The van der Waals surface area contributed by atoms with Crippen molar-refractivity contribution in [2.45, 2.75) is 26.3 Å². The van der Waals surface area contributed by atoms with Gasteiger partial charge >= 0.3 is 0 Å². The van der Waals surface area contributed by atoms with Crippen molar-refractivity contribution >= 4 is 12.2 Å². The number of aromatic nitrogens is 6. The lowest BCUT2D eigenvalue weighted by Gasteiger charge is -2.06. The molecule has 6 nitrogen and oxygen atoms in total. The van der Waals surface area contributed by atoms with E-state index in [1.807, 2.05) is 11.6 Å². The van der Waals surface area contributed by atoms with Crippen LogP contribution in [0.4, 0.5) is 0 Å². The van der Waals surface area contributed by atoms with Crippen molar-refractivity contribution < 1.29 is 0 Å². The molecule has 86 valence electrons. The predicted molar refractivity (Wildman–Crippen MR) is 61.6 cm³/mol. The van der Waals surface area contributed by atoms with E-state index in [4.69, 9.17) is 12.2 Å². The molecule has 0 fully saturated rings. The van der Waals surface area contributed by atoms with Crippen LogP contribution in [-0.2, 0) is 13.6 Å². The fraction of sp³-hybridized carbons (Fsp3) is 0.556. The second kappa shape index (κ2) is 4.17. The number of H-pyrrole nitrogens is 1. The van der Waals surface area contributed by atoms with E-state index < -0.39 is 0 Å². The minimum atomic E-state index is 0.316. The van der Waals surface area contributed by atoms with E-state index in [1.165, 1.54) is 0 Å². The standard InChI is InChI=1S/C9H14N6S/c1-6(2)8-11-12-9(16)15(8)4-7-10-5-14(3)13-7/h5-6H,4H2,1-3H3,(H,12,16). The highest BCUT2D eigenvalue weighted by Gasteiger charge is 2.11. The van der Waals surface area contributed by atoms with Crippen LogP contribution in [0.15, 0.2) is 6.33 Å². The minimum Gasteiger partial charge on any atom is -0.296 e. The molecule has 0 aliphatic rings. The number of hydrogen-bond donors (Lipinski definition) is 1. The summed E-state index contributed by atoms with van der Waals surface area (Å²) in [6.45, 7) is 4.71. The molecule has 0 spiro atoms. The molecular formula is C9H14N6S. The summed E-state index contributed by atoms with van der Waals surface area (Å²) in [5, 5.41) is 11.2. The maximum absolute atomic E-state index is 5.18. The van der Waals surface area contributed by atoms with Gasteiger partial charge in [0.25, 0.3) is 0 Å². The highest BCUT2D eigenvalue weighted by molar-refractivity contribution is 7.71. The Morgan fingerprint density at radius 1 is 1.50 bits per heavy atom. The van der Waals surface area contributed by atoms with E-state index >= 15 is 0 Å². The van der Waals surface area contributed by atoms with Crippen LogP contribution in [0.25, 0.3) is 0 Å². The second-order valence-electron chi connectivity index (χ2n) is 3.96. The Balaban J connectivity index is 2.33. The number of nitrogens with zero attached hydrogens (tertiary/aromatic N) is 5. The third-order valence-electron chi connectivity index (χ3n) is 2.25. The van der Waals surface area contributed by atoms with Crippen LogP contribution in [0.5, 0.6) is 0 Å². The first-order chi connectivity index (χ1) is 7.58. The molecule has 2 aromatic rings. The number of hydrogen-bond acceptors (Lipinski definition) is 4. The van der Waals surface area contributed by atoms with Gasteiger partial charge in [-0.05, 0) is 12.2 Å². The van der Waals surface area contributed by atoms with Crippen LogP contribution in [0.1, 0.15) is 31.4 Å². The minimum absolute atomic E-state index is 0.316. The third kappa shape index (κ3) is 2.04. The predicted octanol–water partition coefficient (Wildman–Crippen LogP) is 1.24. The molecule has 0 atom stereocenters. The zero-order valence-corrected chi connectivity index (χ0v) is 10.3. The molecule has 0 amide bonds. The monoisotopic (exact) mass is 238 g/mol. The molecule has 0 saturated heterocycles. The maximum atomic E-state index is 5.18. The van der Waals surface area contributed by atoms with Gasteiger partial charge < -0.3 is 0 Å². The number of aromatic amines is 1.